The van der Waals surface area contributed by atoms with Gasteiger partial charge in [-0.05, 0) is 81.4 Å². The highest BCUT2D eigenvalue weighted by molar-refractivity contribution is 5.64. The van der Waals surface area contributed by atoms with Crippen molar-refractivity contribution in [3.8, 4) is 28.6 Å². The van der Waals surface area contributed by atoms with Crippen LogP contribution in [0, 0.1) is 6.92 Å². The molecule has 39 heavy (non-hydrogen) atoms. The smallest absolute Gasteiger partial charge is 0.160 e. The molecule has 0 amide bonds. The number of hydrogen-bond acceptors (Lipinski definition) is 3. The van der Waals surface area contributed by atoms with Crippen LogP contribution in [-0.4, -0.2) is 19.5 Å². The molecule has 1 aromatic carbocycles. The van der Waals surface area contributed by atoms with Gasteiger partial charge in [0.05, 0.1) is 17.1 Å². The Kier molecular flexibility index (Phi) is 7.18. The molecular weight excluding hydrogens is 476 g/mol. The van der Waals surface area contributed by atoms with E-state index in [2.05, 4.69) is 97.3 Å². The number of pyridine rings is 1. The molecule has 3 heterocycles. The number of fused-ring (bicyclic) bond motifs is 1. The molecule has 4 aromatic rings. The molecule has 0 atom stereocenters. The largest absolute Gasteiger partial charge is 0.298 e. The maximum absolute atomic E-state index is 5.22. The van der Waals surface area contributed by atoms with Gasteiger partial charge in [0.1, 0.15) is 5.82 Å². The molecule has 3 aromatic heterocycles. The Hall–Kier alpha value is -4.31. The van der Waals surface area contributed by atoms with E-state index in [0.717, 1.165) is 60.0 Å². The highest BCUT2D eigenvalue weighted by Crippen LogP contribution is 2.33. The van der Waals surface area contributed by atoms with E-state index >= 15 is 0 Å². The van der Waals surface area contributed by atoms with Crippen LogP contribution >= 0.6 is 0 Å². The van der Waals surface area contributed by atoms with Gasteiger partial charge in [0.2, 0.25) is 0 Å². The summed E-state index contributed by atoms with van der Waals surface area (Å²) in [5, 5.41) is 0. The van der Waals surface area contributed by atoms with Crippen LogP contribution in [0.1, 0.15) is 54.4 Å². The van der Waals surface area contributed by atoms with Gasteiger partial charge in [-0.25, -0.2) is 15.0 Å². The first-order valence-electron chi connectivity index (χ1n) is 14.0. The fraction of sp³-hybridized carbons (Fsp3) is 0.229. The summed E-state index contributed by atoms with van der Waals surface area (Å²) in [5.41, 5.74) is 10.6. The average Bonchev–Trinajstić information content (AvgIpc) is 3.11. The van der Waals surface area contributed by atoms with Crippen LogP contribution in [0.25, 0.3) is 34.7 Å². The summed E-state index contributed by atoms with van der Waals surface area (Å²) in [6.07, 6.45) is 21.4. The normalized spacial score (nSPS) is 14.9. The lowest BCUT2D eigenvalue weighted by Gasteiger charge is -2.17. The topological polar surface area (TPSA) is 43.6 Å². The molecule has 0 saturated carbocycles. The predicted molar refractivity (Wildman–Crippen MR) is 161 cm³/mol. The van der Waals surface area contributed by atoms with E-state index in [1.165, 1.54) is 40.9 Å². The molecule has 0 N–H and O–H groups in total. The summed E-state index contributed by atoms with van der Waals surface area (Å²) in [5.74, 6) is 1.69. The van der Waals surface area contributed by atoms with Crippen molar-refractivity contribution in [3.63, 3.8) is 0 Å². The second-order valence-electron chi connectivity index (χ2n) is 10.3. The SMILES string of the molecule is C/C=C\c1c(C)c2c(n1-c1cccc(-c3cc(CC4=CC=CC=CC4)nc(-c4ccccc4)n3)n1)CCCC2. The van der Waals surface area contributed by atoms with Crippen molar-refractivity contribution in [1.82, 2.24) is 19.5 Å². The third-order valence-corrected chi connectivity index (χ3v) is 7.63. The number of allylic oxidation sites excluding steroid dienone is 7. The zero-order valence-corrected chi connectivity index (χ0v) is 22.8. The number of aromatic nitrogens is 4. The van der Waals surface area contributed by atoms with E-state index in [0.29, 0.717) is 0 Å². The van der Waals surface area contributed by atoms with Crippen molar-refractivity contribution < 1.29 is 0 Å². The molecule has 0 radical (unpaired) electrons. The molecule has 0 unspecified atom stereocenters. The summed E-state index contributed by atoms with van der Waals surface area (Å²) in [4.78, 5) is 15.2. The minimum atomic E-state index is 0.736. The van der Waals surface area contributed by atoms with Crippen LogP contribution in [-0.2, 0) is 19.3 Å². The fourth-order valence-corrected chi connectivity index (χ4v) is 5.74. The van der Waals surface area contributed by atoms with Crippen LogP contribution < -0.4 is 0 Å². The molecule has 2 aliphatic rings. The third kappa shape index (κ3) is 5.20. The van der Waals surface area contributed by atoms with E-state index in [1.54, 1.807) is 0 Å². The van der Waals surface area contributed by atoms with Gasteiger partial charge in [0, 0.05) is 23.4 Å². The summed E-state index contributed by atoms with van der Waals surface area (Å²) >= 11 is 0. The van der Waals surface area contributed by atoms with Crippen molar-refractivity contribution in [2.75, 3.05) is 0 Å². The Morgan fingerprint density at radius 1 is 0.872 bits per heavy atom. The standard InChI is InChI=1S/C35H34N4/c1-3-14-32-25(2)29-19-11-12-21-33(29)39(32)34-22-13-20-30(37-34)31-24-28(23-26-15-7-4-5-8-16-26)36-35(38-31)27-17-9-6-10-18-27/h3-10,13-15,17-18,20,22,24H,11-12,16,19,21,23H2,1-2H3/b14-3-. The summed E-state index contributed by atoms with van der Waals surface area (Å²) in [6.45, 7) is 4.34. The number of rotatable bonds is 6. The molecule has 194 valence electrons. The molecule has 4 heteroatoms. The highest BCUT2D eigenvalue weighted by atomic mass is 15.1. The molecule has 0 fully saturated rings. The Morgan fingerprint density at radius 2 is 1.74 bits per heavy atom. The second-order valence-corrected chi connectivity index (χ2v) is 10.3. The number of hydrogen-bond donors (Lipinski definition) is 0. The lowest BCUT2D eigenvalue weighted by molar-refractivity contribution is 0.659. The highest BCUT2D eigenvalue weighted by Gasteiger charge is 2.23. The lowest BCUT2D eigenvalue weighted by Crippen LogP contribution is -2.09. The Bertz CT molecular complexity index is 1620. The molecule has 2 aliphatic carbocycles. The van der Waals surface area contributed by atoms with Gasteiger partial charge in [-0.2, -0.15) is 0 Å². The minimum Gasteiger partial charge on any atom is -0.298 e. The van der Waals surface area contributed by atoms with Gasteiger partial charge in [-0.1, -0.05) is 78.4 Å². The zero-order chi connectivity index (χ0) is 26.6. The van der Waals surface area contributed by atoms with Crippen LogP contribution in [0.5, 0.6) is 0 Å². The Balaban J connectivity index is 1.46. The maximum Gasteiger partial charge on any atom is 0.160 e. The number of benzene rings is 1. The molecule has 0 spiro atoms. The Morgan fingerprint density at radius 3 is 2.62 bits per heavy atom. The quantitative estimate of drug-likeness (QED) is 0.263. The first-order valence-corrected chi connectivity index (χ1v) is 14.0. The molecule has 0 bridgehead atoms. The third-order valence-electron chi connectivity index (χ3n) is 7.63. The van der Waals surface area contributed by atoms with E-state index in [1.807, 2.05) is 18.2 Å². The van der Waals surface area contributed by atoms with Gasteiger partial charge < -0.3 is 0 Å². The summed E-state index contributed by atoms with van der Waals surface area (Å²) in [6, 6.07) is 18.6. The fourth-order valence-electron chi connectivity index (χ4n) is 5.74. The maximum atomic E-state index is 5.22. The van der Waals surface area contributed by atoms with Gasteiger partial charge >= 0.3 is 0 Å². The monoisotopic (exact) mass is 510 g/mol. The van der Waals surface area contributed by atoms with Gasteiger partial charge in [0.25, 0.3) is 0 Å². The summed E-state index contributed by atoms with van der Waals surface area (Å²) < 4.78 is 2.38. The first kappa shape index (κ1) is 25.0. The molecule has 4 nitrogen and oxygen atoms in total. The van der Waals surface area contributed by atoms with Crippen LogP contribution in [0.2, 0.25) is 0 Å². The Labute approximate surface area is 231 Å². The van der Waals surface area contributed by atoms with Crippen molar-refractivity contribution in [2.45, 2.75) is 52.4 Å². The van der Waals surface area contributed by atoms with Crippen molar-refractivity contribution in [1.29, 1.82) is 0 Å². The lowest BCUT2D eigenvalue weighted by atomic mass is 9.95. The zero-order valence-electron chi connectivity index (χ0n) is 22.8. The van der Waals surface area contributed by atoms with Crippen molar-refractivity contribution >= 4 is 6.08 Å². The van der Waals surface area contributed by atoms with Crippen LogP contribution in [0.3, 0.4) is 0 Å². The first-order chi connectivity index (χ1) is 19.2. The van der Waals surface area contributed by atoms with Crippen molar-refractivity contribution in [2.24, 2.45) is 0 Å². The van der Waals surface area contributed by atoms with E-state index < -0.39 is 0 Å². The van der Waals surface area contributed by atoms with Gasteiger partial charge in [0.15, 0.2) is 5.82 Å². The number of nitrogens with zero attached hydrogens (tertiary/aromatic N) is 4. The molecule has 6 rings (SSSR count). The minimum absolute atomic E-state index is 0.736. The van der Waals surface area contributed by atoms with Crippen LogP contribution in [0.15, 0.2) is 96.6 Å². The van der Waals surface area contributed by atoms with E-state index in [9.17, 15) is 0 Å². The molecule has 0 saturated heterocycles. The van der Waals surface area contributed by atoms with E-state index in [4.69, 9.17) is 15.0 Å². The average molecular weight is 511 g/mol. The van der Waals surface area contributed by atoms with Gasteiger partial charge in [-0.15, -0.1) is 0 Å². The molecule has 0 aliphatic heterocycles. The van der Waals surface area contributed by atoms with Gasteiger partial charge in [-0.3, -0.25) is 4.57 Å². The predicted octanol–water partition coefficient (Wildman–Crippen LogP) is 8.20. The summed E-state index contributed by atoms with van der Waals surface area (Å²) in [7, 11) is 0. The van der Waals surface area contributed by atoms with E-state index in [-0.39, 0.29) is 0 Å². The van der Waals surface area contributed by atoms with Crippen molar-refractivity contribution in [3.05, 3.63) is 125 Å². The van der Waals surface area contributed by atoms with Crippen LogP contribution in [0.4, 0.5) is 0 Å². The molecular formula is C35H34N4. The second kappa shape index (κ2) is 11.2.